The Labute approximate surface area is 127 Å². The van der Waals surface area contributed by atoms with E-state index < -0.39 is 0 Å². The fourth-order valence-corrected chi connectivity index (χ4v) is 3.44. The molecule has 116 valence electrons. The van der Waals surface area contributed by atoms with Crippen LogP contribution in [0.2, 0.25) is 0 Å². The van der Waals surface area contributed by atoms with Crippen molar-refractivity contribution in [3.05, 3.63) is 23.8 Å². The van der Waals surface area contributed by atoms with Crippen LogP contribution in [0.3, 0.4) is 0 Å². The van der Waals surface area contributed by atoms with E-state index in [2.05, 4.69) is 24.1 Å². The van der Waals surface area contributed by atoms with Crippen molar-refractivity contribution in [3.63, 3.8) is 0 Å². The van der Waals surface area contributed by atoms with Crippen LogP contribution in [0.15, 0.2) is 18.2 Å². The van der Waals surface area contributed by atoms with E-state index in [0.29, 0.717) is 0 Å². The Kier molecular flexibility index (Phi) is 4.09. The lowest BCUT2D eigenvalue weighted by molar-refractivity contribution is 0.0369. The number of likely N-dealkylation sites (N-methyl/N-ethyl adjacent to an activating group) is 1. The molecule has 1 aromatic carbocycles. The van der Waals surface area contributed by atoms with E-state index in [0.717, 1.165) is 37.4 Å². The van der Waals surface area contributed by atoms with Gasteiger partial charge in [0.25, 0.3) is 0 Å². The molecule has 21 heavy (non-hydrogen) atoms. The predicted octanol–water partition coefficient (Wildman–Crippen LogP) is 2.51. The first kappa shape index (κ1) is 14.7. The van der Waals surface area contributed by atoms with Crippen LogP contribution in [0.5, 0.6) is 11.5 Å². The highest BCUT2D eigenvalue weighted by Crippen LogP contribution is 2.39. The van der Waals surface area contributed by atoms with Gasteiger partial charge in [0.15, 0.2) is 11.5 Å². The van der Waals surface area contributed by atoms with Crippen LogP contribution < -0.4 is 15.2 Å². The number of hydrogen-bond donors (Lipinski definition) is 1. The standard InChI is InChI=1S/C17H26N2O2/c1-19-11-14(12-19)21-15-7-6-13(10-16(15)20-2)17(18)8-4-3-5-9-17/h6-7,10,14H,3-5,8-9,11-12,18H2,1-2H3. The number of methoxy groups -OCH3 is 1. The molecule has 0 bridgehead atoms. The van der Waals surface area contributed by atoms with Crippen molar-refractivity contribution in [2.24, 2.45) is 5.73 Å². The fourth-order valence-electron chi connectivity index (χ4n) is 3.44. The van der Waals surface area contributed by atoms with E-state index in [1.807, 2.05) is 6.07 Å². The highest BCUT2D eigenvalue weighted by molar-refractivity contribution is 5.45. The summed E-state index contributed by atoms with van der Waals surface area (Å²) in [6, 6.07) is 6.21. The summed E-state index contributed by atoms with van der Waals surface area (Å²) < 4.78 is 11.5. The fraction of sp³-hybridized carbons (Fsp3) is 0.647. The molecule has 0 aromatic heterocycles. The number of hydrogen-bond acceptors (Lipinski definition) is 4. The molecule has 1 aromatic rings. The number of ether oxygens (including phenoxy) is 2. The third kappa shape index (κ3) is 3.01. The van der Waals surface area contributed by atoms with Gasteiger partial charge >= 0.3 is 0 Å². The van der Waals surface area contributed by atoms with Crippen LogP contribution >= 0.6 is 0 Å². The summed E-state index contributed by atoms with van der Waals surface area (Å²) in [5, 5.41) is 0. The smallest absolute Gasteiger partial charge is 0.161 e. The predicted molar refractivity (Wildman–Crippen MR) is 83.9 cm³/mol. The molecule has 1 aliphatic heterocycles. The zero-order valence-corrected chi connectivity index (χ0v) is 13.1. The normalized spacial score (nSPS) is 22.6. The second kappa shape index (κ2) is 5.85. The molecule has 0 atom stereocenters. The summed E-state index contributed by atoms with van der Waals surface area (Å²) in [5.74, 6) is 1.64. The largest absolute Gasteiger partial charge is 0.493 e. The van der Waals surface area contributed by atoms with Crippen molar-refractivity contribution in [3.8, 4) is 11.5 Å². The van der Waals surface area contributed by atoms with Gasteiger partial charge in [-0.1, -0.05) is 25.3 Å². The van der Waals surface area contributed by atoms with Crippen LogP contribution in [0.1, 0.15) is 37.7 Å². The van der Waals surface area contributed by atoms with E-state index in [-0.39, 0.29) is 11.6 Å². The number of nitrogens with two attached hydrogens (primary N) is 1. The molecule has 1 heterocycles. The molecule has 0 spiro atoms. The maximum absolute atomic E-state index is 6.61. The topological polar surface area (TPSA) is 47.7 Å². The minimum Gasteiger partial charge on any atom is -0.493 e. The first-order valence-electron chi connectivity index (χ1n) is 7.93. The van der Waals surface area contributed by atoms with Crippen LogP contribution in [-0.2, 0) is 5.54 Å². The zero-order chi connectivity index (χ0) is 14.9. The Morgan fingerprint density at radius 1 is 1.14 bits per heavy atom. The lowest BCUT2D eigenvalue weighted by Gasteiger charge is -2.37. The second-order valence-corrected chi connectivity index (χ2v) is 6.54. The van der Waals surface area contributed by atoms with Gasteiger partial charge in [-0.15, -0.1) is 0 Å². The molecule has 2 aliphatic rings. The molecule has 1 saturated carbocycles. The van der Waals surface area contributed by atoms with E-state index in [4.69, 9.17) is 15.2 Å². The first-order valence-corrected chi connectivity index (χ1v) is 7.93. The van der Waals surface area contributed by atoms with Crippen LogP contribution in [0.25, 0.3) is 0 Å². The van der Waals surface area contributed by atoms with E-state index in [1.54, 1.807) is 7.11 Å². The van der Waals surface area contributed by atoms with Crippen molar-refractivity contribution in [1.29, 1.82) is 0 Å². The summed E-state index contributed by atoms with van der Waals surface area (Å²) in [4.78, 5) is 2.24. The van der Waals surface area contributed by atoms with Crippen molar-refractivity contribution in [1.82, 2.24) is 4.90 Å². The minimum absolute atomic E-state index is 0.194. The average Bonchev–Trinajstić information content (AvgIpc) is 2.46. The molecule has 2 N–H and O–H groups in total. The van der Waals surface area contributed by atoms with Gasteiger partial charge in [-0.2, -0.15) is 0 Å². The van der Waals surface area contributed by atoms with Gasteiger partial charge in [0.05, 0.1) is 7.11 Å². The highest BCUT2D eigenvalue weighted by Gasteiger charge is 2.31. The summed E-state index contributed by atoms with van der Waals surface area (Å²) >= 11 is 0. The van der Waals surface area contributed by atoms with Crippen molar-refractivity contribution < 1.29 is 9.47 Å². The zero-order valence-electron chi connectivity index (χ0n) is 13.1. The summed E-state index contributed by atoms with van der Waals surface area (Å²) in [7, 11) is 3.80. The van der Waals surface area contributed by atoms with Gasteiger partial charge in [0.2, 0.25) is 0 Å². The number of rotatable bonds is 4. The Morgan fingerprint density at radius 2 is 1.86 bits per heavy atom. The molecule has 0 unspecified atom stereocenters. The molecule has 2 fully saturated rings. The quantitative estimate of drug-likeness (QED) is 0.925. The Hall–Kier alpha value is -1.26. The third-order valence-corrected chi connectivity index (χ3v) is 4.81. The molecule has 4 nitrogen and oxygen atoms in total. The average molecular weight is 290 g/mol. The third-order valence-electron chi connectivity index (χ3n) is 4.81. The first-order chi connectivity index (χ1) is 10.1. The van der Waals surface area contributed by atoms with Gasteiger partial charge in [0, 0.05) is 18.6 Å². The molecular formula is C17H26N2O2. The van der Waals surface area contributed by atoms with E-state index >= 15 is 0 Å². The van der Waals surface area contributed by atoms with Crippen LogP contribution in [0.4, 0.5) is 0 Å². The second-order valence-electron chi connectivity index (χ2n) is 6.54. The lowest BCUT2D eigenvalue weighted by atomic mass is 9.77. The minimum atomic E-state index is -0.194. The van der Waals surface area contributed by atoms with E-state index in [9.17, 15) is 0 Å². The maximum Gasteiger partial charge on any atom is 0.161 e. The summed E-state index contributed by atoms with van der Waals surface area (Å²) in [6.07, 6.45) is 6.12. The summed E-state index contributed by atoms with van der Waals surface area (Å²) in [6.45, 7) is 1.96. The van der Waals surface area contributed by atoms with Gasteiger partial charge in [-0.25, -0.2) is 0 Å². The van der Waals surface area contributed by atoms with Crippen molar-refractivity contribution in [2.75, 3.05) is 27.2 Å². The monoisotopic (exact) mass is 290 g/mol. The number of likely N-dealkylation sites (tertiary alicyclic amines) is 1. The molecular weight excluding hydrogens is 264 g/mol. The van der Waals surface area contributed by atoms with Crippen LogP contribution in [0, 0.1) is 0 Å². The van der Waals surface area contributed by atoms with E-state index in [1.165, 1.54) is 24.8 Å². The Morgan fingerprint density at radius 3 is 2.48 bits per heavy atom. The lowest BCUT2D eigenvalue weighted by Crippen LogP contribution is -2.51. The molecule has 1 aliphatic carbocycles. The van der Waals surface area contributed by atoms with Gasteiger partial charge in [-0.05, 0) is 37.6 Å². The molecule has 4 heteroatoms. The SMILES string of the molecule is COc1cc(C2(N)CCCCC2)ccc1OC1CN(C)C1. The Bertz CT molecular complexity index is 492. The maximum atomic E-state index is 6.61. The van der Waals surface area contributed by atoms with Crippen molar-refractivity contribution >= 4 is 0 Å². The van der Waals surface area contributed by atoms with Crippen LogP contribution in [-0.4, -0.2) is 38.3 Å². The molecule has 0 radical (unpaired) electrons. The molecule has 1 saturated heterocycles. The molecule has 0 amide bonds. The number of nitrogens with zero attached hydrogens (tertiary/aromatic N) is 1. The van der Waals surface area contributed by atoms with Gasteiger partial charge in [0.1, 0.15) is 6.10 Å². The van der Waals surface area contributed by atoms with Gasteiger partial charge < -0.3 is 15.2 Å². The van der Waals surface area contributed by atoms with Gasteiger partial charge in [-0.3, -0.25) is 4.90 Å². The highest BCUT2D eigenvalue weighted by atomic mass is 16.5. The summed E-state index contributed by atoms with van der Waals surface area (Å²) in [5.41, 5.74) is 7.59. The van der Waals surface area contributed by atoms with Crippen molar-refractivity contribution in [2.45, 2.75) is 43.7 Å². The Balaban J connectivity index is 1.78. The molecule has 3 rings (SSSR count). The number of benzene rings is 1.